The summed E-state index contributed by atoms with van der Waals surface area (Å²) < 4.78 is 26.9. The average molecular weight is 347 g/mol. The Hall–Kier alpha value is -2.15. The number of benzene rings is 1. The maximum Gasteiger partial charge on any atom is 0.238 e. The van der Waals surface area contributed by atoms with Crippen molar-refractivity contribution >= 4 is 15.7 Å². The van der Waals surface area contributed by atoms with Crippen LogP contribution in [0.5, 0.6) is 0 Å². The second-order valence-corrected chi connectivity index (χ2v) is 8.51. The van der Waals surface area contributed by atoms with Gasteiger partial charge in [-0.2, -0.15) is 0 Å². The highest BCUT2D eigenvalue weighted by Crippen LogP contribution is 2.20. The molecular weight excluding hydrogens is 326 g/mol. The van der Waals surface area contributed by atoms with Crippen LogP contribution in [0, 0.1) is 0 Å². The van der Waals surface area contributed by atoms with Crippen molar-refractivity contribution in [2.45, 2.75) is 43.4 Å². The van der Waals surface area contributed by atoms with Crippen LogP contribution in [0.1, 0.15) is 31.2 Å². The molecule has 1 amide bonds. The molecule has 1 fully saturated rings. The van der Waals surface area contributed by atoms with E-state index in [0.717, 1.165) is 18.4 Å². The molecule has 1 unspecified atom stereocenters. The summed E-state index contributed by atoms with van der Waals surface area (Å²) in [5, 5.41) is 1.68. The number of sulfone groups is 1. The fourth-order valence-electron chi connectivity index (χ4n) is 2.42. The van der Waals surface area contributed by atoms with Crippen LogP contribution in [0.2, 0.25) is 0 Å². The number of hydrogen-bond donors (Lipinski definition) is 1. The van der Waals surface area contributed by atoms with Gasteiger partial charge in [0, 0.05) is 25.0 Å². The van der Waals surface area contributed by atoms with Gasteiger partial charge in [0.2, 0.25) is 5.91 Å². The van der Waals surface area contributed by atoms with Gasteiger partial charge < -0.3 is 9.88 Å². The number of imidazole rings is 1. The van der Waals surface area contributed by atoms with Gasteiger partial charge in [0.05, 0.1) is 0 Å². The summed E-state index contributed by atoms with van der Waals surface area (Å²) in [4.78, 5) is 16.2. The number of nitrogens with one attached hydrogen (secondary N) is 1. The highest BCUT2D eigenvalue weighted by molar-refractivity contribution is 7.92. The average Bonchev–Trinajstić information content (AvgIpc) is 3.27. The minimum absolute atomic E-state index is 0.148. The summed E-state index contributed by atoms with van der Waals surface area (Å²) >= 11 is 0. The number of carbonyl (C=O) groups is 1. The summed E-state index contributed by atoms with van der Waals surface area (Å²) in [5.74, 6) is -0.213. The van der Waals surface area contributed by atoms with Crippen LogP contribution in [-0.4, -0.2) is 35.2 Å². The van der Waals surface area contributed by atoms with E-state index >= 15 is 0 Å². The zero-order chi connectivity index (χ0) is 17.2. The fourth-order valence-corrected chi connectivity index (χ4v) is 3.66. The highest BCUT2D eigenvalue weighted by Gasteiger charge is 2.33. The lowest BCUT2D eigenvalue weighted by Crippen LogP contribution is -2.39. The van der Waals surface area contributed by atoms with Crippen LogP contribution in [0.25, 0.3) is 0 Å². The first kappa shape index (κ1) is 16.7. The lowest BCUT2D eigenvalue weighted by atomic mass is 10.2. The smallest absolute Gasteiger partial charge is 0.238 e. The second kappa shape index (κ2) is 6.76. The maximum atomic E-state index is 12.5. The molecule has 1 N–H and O–H groups in total. The van der Waals surface area contributed by atoms with E-state index in [0.29, 0.717) is 12.4 Å². The standard InChI is InChI=1S/C17H21N3O3S/c1-13(17(21)19-15-7-8-15)24(22,23)12-16-18-9-10-20(16)11-14-5-3-2-4-6-14/h2-6,9-10,13,15H,7-8,11-12H2,1H3,(H,19,21). The second-order valence-electron chi connectivity index (χ2n) is 6.19. The predicted molar refractivity (Wildman–Crippen MR) is 91.0 cm³/mol. The van der Waals surface area contributed by atoms with Gasteiger partial charge in [-0.05, 0) is 25.3 Å². The van der Waals surface area contributed by atoms with Crippen LogP contribution < -0.4 is 5.32 Å². The summed E-state index contributed by atoms with van der Waals surface area (Å²) in [7, 11) is -3.61. The van der Waals surface area contributed by atoms with Gasteiger partial charge in [0.1, 0.15) is 16.8 Å². The topological polar surface area (TPSA) is 81.1 Å². The SMILES string of the molecule is CC(C(=O)NC1CC1)S(=O)(=O)Cc1nccn1Cc1ccccc1. The summed E-state index contributed by atoms with van der Waals surface area (Å²) in [6.07, 6.45) is 5.20. The first-order valence-corrected chi connectivity index (χ1v) is 9.73. The molecule has 0 aliphatic heterocycles. The summed E-state index contributed by atoms with van der Waals surface area (Å²) in [6.45, 7) is 1.99. The maximum absolute atomic E-state index is 12.5. The van der Waals surface area contributed by atoms with Crippen molar-refractivity contribution in [3.8, 4) is 0 Å². The molecule has 1 aromatic carbocycles. The van der Waals surface area contributed by atoms with Gasteiger partial charge in [-0.1, -0.05) is 30.3 Å². The summed E-state index contributed by atoms with van der Waals surface area (Å²) in [5.41, 5.74) is 1.06. The first-order chi connectivity index (χ1) is 11.5. The number of rotatable bonds is 7. The van der Waals surface area contributed by atoms with E-state index in [-0.39, 0.29) is 11.8 Å². The molecule has 3 rings (SSSR count). The van der Waals surface area contributed by atoms with Gasteiger partial charge in [-0.15, -0.1) is 0 Å². The fraction of sp³-hybridized carbons (Fsp3) is 0.412. The Morgan fingerprint density at radius 3 is 2.71 bits per heavy atom. The van der Waals surface area contributed by atoms with Crippen molar-refractivity contribution in [2.24, 2.45) is 0 Å². The van der Waals surface area contributed by atoms with Gasteiger partial charge >= 0.3 is 0 Å². The molecule has 1 aromatic heterocycles. The van der Waals surface area contributed by atoms with Crippen LogP contribution in [0.3, 0.4) is 0 Å². The quantitative estimate of drug-likeness (QED) is 0.823. The van der Waals surface area contributed by atoms with Crippen molar-refractivity contribution in [3.63, 3.8) is 0 Å². The lowest BCUT2D eigenvalue weighted by molar-refractivity contribution is -0.120. The van der Waals surface area contributed by atoms with E-state index in [1.807, 2.05) is 30.3 Å². The van der Waals surface area contributed by atoms with Crippen LogP contribution in [0.4, 0.5) is 0 Å². The van der Waals surface area contributed by atoms with E-state index in [1.165, 1.54) is 6.92 Å². The molecule has 1 saturated carbocycles. The Morgan fingerprint density at radius 1 is 1.33 bits per heavy atom. The van der Waals surface area contributed by atoms with Crippen molar-refractivity contribution in [3.05, 3.63) is 54.1 Å². The van der Waals surface area contributed by atoms with E-state index in [2.05, 4.69) is 10.3 Å². The minimum Gasteiger partial charge on any atom is -0.352 e. The monoisotopic (exact) mass is 347 g/mol. The molecule has 1 aliphatic rings. The van der Waals surface area contributed by atoms with Gasteiger partial charge in [-0.25, -0.2) is 13.4 Å². The zero-order valence-corrected chi connectivity index (χ0v) is 14.4. The molecule has 2 aromatic rings. The van der Waals surface area contributed by atoms with E-state index in [4.69, 9.17) is 0 Å². The first-order valence-electron chi connectivity index (χ1n) is 8.01. The Bertz CT molecular complexity index is 811. The van der Waals surface area contributed by atoms with Crippen molar-refractivity contribution < 1.29 is 13.2 Å². The molecule has 7 heteroatoms. The predicted octanol–water partition coefficient (Wildman–Crippen LogP) is 1.51. The van der Waals surface area contributed by atoms with Crippen molar-refractivity contribution in [2.75, 3.05) is 0 Å². The van der Waals surface area contributed by atoms with Crippen LogP contribution >= 0.6 is 0 Å². The molecule has 0 spiro atoms. The third-order valence-corrected chi connectivity index (χ3v) is 6.11. The van der Waals surface area contributed by atoms with Gasteiger partial charge in [0.15, 0.2) is 9.84 Å². The van der Waals surface area contributed by atoms with Crippen molar-refractivity contribution in [1.82, 2.24) is 14.9 Å². The third-order valence-electron chi connectivity index (χ3n) is 4.16. The minimum atomic E-state index is -3.61. The molecule has 0 bridgehead atoms. The Labute approximate surface area is 141 Å². The molecule has 1 atom stereocenters. The molecular formula is C17H21N3O3S. The molecule has 24 heavy (non-hydrogen) atoms. The van der Waals surface area contributed by atoms with Gasteiger partial charge in [-0.3, -0.25) is 4.79 Å². The lowest BCUT2D eigenvalue weighted by Gasteiger charge is -2.14. The van der Waals surface area contributed by atoms with E-state index in [9.17, 15) is 13.2 Å². The number of amides is 1. The van der Waals surface area contributed by atoms with E-state index < -0.39 is 21.0 Å². The largest absolute Gasteiger partial charge is 0.352 e. The number of carbonyl (C=O) groups excluding carboxylic acids is 1. The summed E-state index contributed by atoms with van der Waals surface area (Å²) in [6, 6.07) is 9.91. The normalized spacial score (nSPS) is 15.9. The Balaban J connectivity index is 1.71. The number of hydrogen-bond acceptors (Lipinski definition) is 4. The zero-order valence-electron chi connectivity index (χ0n) is 13.6. The third kappa shape index (κ3) is 4.03. The number of aromatic nitrogens is 2. The van der Waals surface area contributed by atoms with E-state index in [1.54, 1.807) is 17.0 Å². The van der Waals surface area contributed by atoms with Gasteiger partial charge in [0.25, 0.3) is 0 Å². The molecule has 128 valence electrons. The molecule has 1 heterocycles. The number of nitrogens with zero attached hydrogens (tertiary/aromatic N) is 2. The molecule has 1 aliphatic carbocycles. The molecule has 6 nitrogen and oxygen atoms in total. The Kier molecular flexibility index (Phi) is 4.71. The Morgan fingerprint density at radius 2 is 2.04 bits per heavy atom. The van der Waals surface area contributed by atoms with Crippen molar-refractivity contribution in [1.29, 1.82) is 0 Å². The molecule has 0 saturated heterocycles. The molecule has 0 radical (unpaired) electrons. The van der Waals surface area contributed by atoms with Crippen LogP contribution in [-0.2, 0) is 26.9 Å². The van der Waals surface area contributed by atoms with Crippen LogP contribution in [0.15, 0.2) is 42.7 Å². The highest BCUT2D eigenvalue weighted by atomic mass is 32.2.